The van der Waals surface area contributed by atoms with Crippen LogP contribution in [0.15, 0.2) is 48.5 Å². The van der Waals surface area contributed by atoms with Crippen molar-refractivity contribution in [2.75, 3.05) is 25.5 Å². The topological polar surface area (TPSA) is 112 Å². The fourth-order valence-electron chi connectivity index (χ4n) is 3.86. The summed E-state index contributed by atoms with van der Waals surface area (Å²) in [6.07, 6.45) is 1.52. The molecular formula is C24H28N6O3. The van der Waals surface area contributed by atoms with Gasteiger partial charge in [-0.15, -0.1) is 0 Å². The SMILES string of the molecule is COc1ccc(-c2n[nH]c(CNC(=O)C3CCCN(C(=O)Nc4cccc(C)c4)C3)n2)cc1. The Morgan fingerprint density at radius 2 is 2.03 bits per heavy atom. The van der Waals surface area contributed by atoms with Crippen LogP contribution in [0.2, 0.25) is 0 Å². The molecule has 9 nitrogen and oxygen atoms in total. The van der Waals surface area contributed by atoms with Gasteiger partial charge in [0.05, 0.1) is 19.6 Å². The van der Waals surface area contributed by atoms with Crippen molar-refractivity contribution in [2.45, 2.75) is 26.3 Å². The highest BCUT2D eigenvalue weighted by atomic mass is 16.5. The maximum atomic E-state index is 12.7. The number of benzene rings is 2. The predicted molar refractivity (Wildman–Crippen MR) is 125 cm³/mol. The van der Waals surface area contributed by atoms with Crippen LogP contribution in [0, 0.1) is 12.8 Å². The molecule has 33 heavy (non-hydrogen) atoms. The van der Waals surface area contributed by atoms with Gasteiger partial charge in [0, 0.05) is 24.3 Å². The van der Waals surface area contributed by atoms with Crippen LogP contribution < -0.4 is 15.4 Å². The first-order valence-electron chi connectivity index (χ1n) is 11.0. The Bertz CT molecular complexity index is 1110. The number of carbonyl (C=O) groups is 2. The van der Waals surface area contributed by atoms with E-state index in [1.165, 1.54) is 0 Å². The normalized spacial score (nSPS) is 15.7. The summed E-state index contributed by atoms with van der Waals surface area (Å²) >= 11 is 0. The standard InChI is InChI=1S/C24H28N6O3/c1-16-5-3-7-19(13-16)26-24(32)30-12-4-6-18(15-30)23(31)25-14-21-27-22(29-28-21)17-8-10-20(33-2)11-9-17/h3,5,7-11,13,18H,4,6,12,14-15H2,1-2H3,(H,25,31)(H,26,32)(H,27,28,29). The molecule has 1 fully saturated rings. The first kappa shape index (κ1) is 22.3. The van der Waals surface area contributed by atoms with E-state index in [1.807, 2.05) is 55.5 Å². The molecule has 0 bridgehead atoms. The minimum atomic E-state index is -0.258. The van der Waals surface area contributed by atoms with Crippen LogP contribution in [0.25, 0.3) is 11.4 Å². The van der Waals surface area contributed by atoms with Crippen molar-refractivity contribution in [3.63, 3.8) is 0 Å². The molecule has 1 aliphatic rings. The smallest absolute Gasteiger partial charge is 0.321 e. The third kappa shape index (κ3) is 5.68. The fraction of sp³-hybridized carbons (Fsp3) is 0.333. The minimum absolute atomic E-state index is 0.0922. The van der Waals surface area contributed by atoms with Gasteiger partial charge >= 0.3 is 6.03 Å². The molecule has 1 atom stereocenters. The Kier molecular flexibility index (Phi) is 6.87. The number of H-pyrrole nitrogens is 1. The number of rotatable bonds is 6. The van der Waals surface area contributed by atoms with E-state index in [0.717, 1.165) is 35.4 Å². The van der Waals surface area contributed by atoms with E-state index in [2.05, 4.69) is 25.8 Å². The van der Waals surface area contributed by atoms with Gasteiger partial charge in [-0.1, -0.05) is 12.1 Å². The minimum Gasteiger partial charge on any atom is -0.497 e. The first-order valence-corrected chi connectivity index (χ1v) is 11.0. The molecule has 3 aromatic rings. The number of piperidine rings is 1. The van der Waals surface area contributed by atoms with Gasteiger partial charge in [-0.25, -0.2) is 9.78 Å². The summed E-state index contributed by atoms with van der Waals surface area (Å²) in [4.78, 5) is 31.6. The molecular weight excluding hydrogens is 420 g/mol. The highest BCUT2D eigenvalue weighted by Gasteiger charge is 2.28. The van der Waals surface area contributed by atoms with Gasteiger partial charge in [-0.3, -0.25) is 9.89 Å². The summed E-state index contributed by atoms with van der Waals surface area (Å²) in [5.41, 5.74) is 2.68. The number of amides is 3. The quantitative estimate of drug-likeness (QED) is 0.535. The highest BCUT2D eigenvalue weighted by Crippen LogP contribution is 2.20. The van der Waals surface area contributed by atoms with Crippen LogP contribution in [-0.4, -0.2) is 52.2 Å². The predicted octanol–water partition coefficient (Wildman–Crippen LogP) is 3.35. The van der Waals surface area contributed by atoms with Gasteiger partial charge in [-0.05, 0) is 61.7 Å². The lowest BCUT2D eigenvalue weighted by molar-refractivity contribution is -0.126. The second kappa shape index (κ2) is 10.2. The number of ether oxygens (including phenoxy) is 1. The fourth-order valence-corrected chi connectivity index (χ4v) is 3.86. The van der Waals surface area contributed by atoms with E-state index in [4.69, 9.17) is 4.74 Å². The van der Waals surface area contributed by atoms with Crippen molar-refractivity contribution >= 4 is 17.6 Å². The van der Waals surface area contributed by atoms with Crippen molar-refractivity contribution in [1.29, 1.82) is 0 Å². The first-order chi connectivity index (χ1) is 16.0. The largest absolute Gasteiger partial charge is 0.497 e. The summed E-state index contributed by atoms with van der Waals surface area (Å²) in [7, 11) is 1.62. The number of aromatic nitrogens is 3. The van der Waals surface area contributed by atoms with Gasteiger partial charge in [0.25, 0.3) is 0 Å². The molecule has 0 radical (unpaired) electrons. The zero-order valence-corrected chi connectivity index (χ0v) is 18.8. The number of urea groups is 1. The summed E-state index contributed by atoms with van der Waals surface area (Å²) in [5.74, 6) is 1.53. The highest BCUT2D eigenvalue weighted by molar-refractivity contribution is 5.90. The van der Waals surface area contributed by atoms with E-state index in [9.17, 15) is 9.59 Å². The van der Waals surface area contributed by atoms with Crippen molar-refractivity contribution < 1.29 is 14.3 Å². The molecule has 1 aliphatic heterocycles. The van der Waals surface area contributed by atoms with Crippen molar-refractivity contribution in [1.82, 2.24) is 25.4 Å². The third-order valence-corrected chi connectivity index (χ3v) is 5.66. The average molecular weight is 449 g/mol. The van der Waals surface area contributed by atoms with Crippen LogP contribution in [0.1, 0.15) is 24.2 Å². The van der Waals surface area contributed by atoms with Crippen LogP contribution in [0.4, 0.5) is 10.5 Å². The molecule has 1 unspecified atom stereocenters. The van der Waals surface area contributed by atoms with E-state index < -0.39 is 0 Å². The summed E-state index contributed by atoms with van der Waals surface area (Å²) in [5, 5.41) is 12.9. The number of carbonyl (C=O) groups excluding carboxylic acids is 2. The molecule has 2 aromatic carbocycles. The number of nitrogens with one attached hydrogen (secondary N) is 3. The number of nitrogens with zero attached hydrogens (tertiary/aromatic N) is 3. The third-order valence-electron chi connectivity index (χ3n) is 5.66. The second-order valence-corrected chi connectivity index (χ2v) is 8.14. The Balaban J connectivity index is 1.29. The Hall–Kier alpha value is -3.88. The Morgan fingerprint density at radius 1 is 1.21 bits per heavy atom. The Labute approximate surface area is 192 Å². The van der Waals surface area contributed by atoms with Crippen LogP contribution in [0.3, 0.4) is 0 Å². The van der Waals surface area contributed by atoms with Crippen molar-refractivity contribution in [3.8, 4) is 17.1 Å². The maximum absolute atomic E-state index is 12.7. The summed E-state index contributed by atoms with van der Waals surface area (Å²) < 4.78 is 5.16. The Morgan fingerprint density at radius 3 is 2.79 bits per heavy atom. The van der Waals surface area contributed by atoms with Gasteiger partial charge in [0.2, 0.25) is 5.91 Å². The molecule has 3 N–H and O–H groups in total. The number of anilines is 1. The lowest BCUT2D eigenvalue weighted by Gasteiger charge is -2.32. The molecule has 0 spiro atoms. The number of likely N-dealkylation sites (tertiary alicyclic amines) is 1. The van der Waals surface area contributed by atoms with Gasteiger partial charge < -0.3 is 20.3 Å². The van der Waals surface area contributed by atoms with E-state index in [-0.39, 0.29) is 24.4 Å². The number of aromatic amines is 1. The van der Waals surface area contributed by atoms with Gasteiger partial charge in [0.1, 0.15) is 11.6 Å². The molecule has 1 aromatic heterocycles. The number of hydrogen-bond acceptors (Lipinski definition) is 5. The van der Waals surface area contributed by atoms with E-state index >= 15 is 0 Å². The zero-order valence-electron chi connectivity index (χ0n) is 18.8. The monoisotopic (exact) mass is 448 g/mol. The lowest BCUT2D eigenvalue weighted by atomic mass is 9.97. The zero-order chi connectivity index (χ0) is 23.2. The summed E-state index contributed by atoms with van der Waals surface area (Å²) in [6.45, 7) is 3.24. The molecule has 2 heterocycles. The van der Waals surface area contributed by atoms with Crippen LogP contribution >= 0.6 is 0 Å². The number of aryl methyl sites for hydroxylation is 1. The van der Waals surface area contributed by atoms with Crippen LogP contribution in [-0.2, 0) is 11.3 Å². The van der Waals surface area contributed by atoms with E-state index in [0.29, 0.717) is 24.7 Å². The lowest BCUT2D eigenvalue weighted by Crippen LogP contribution is -2.46. The summed E-state index contributed by atoms with van der Waals surface area (Å²) in [6, 6.07) is 14.9. The molecule has 0 saturated carbocycles. The van der Waals surface area contributed by atoms with Crippen molar-refractivity contribution in [3.05, 3.63) is 59.9 Å². The molecule has 172 valence electrons. The average Bonchev–Trinajstić information content (AvgIpc) is 3.32. The van der Waals surface area contributed by atoms with Gasteiger partial charge in [-0.2, -0.15) is 5.10 Å². The molecule has 0 aliphatic carbocycles. The molecule has 1 saturated heterocycles. The van der Waals surface area contributed by atoms with Gasteiger partial charge in [0.15, 0.2) is 5.82 Å². The number of methoxy groups -OCH3 is 1. The van der Waals surface area contributed by atoms with E-state index in [1.54, 1.807) is 12.0 Å². The number of hydrogen-bond donors (Lipinski definition) is 3. The molecule has 3 amide bonds. The molecule has 9 heteroatoms. The van der Waals surface area contributed by atoms with Crippen LogP contribution in [0.5, 0.6) is 5.75 Å². The molecule has 4 rings (SSSR count). The maximum Gasteiger partial charge on any atom is 0.321 e. The second-order valence-electron chi connectivity index (χ2n) is 8.14. The van der Waals surface area contributed by atoms with Crippen molar-refractivity contribution in [2.24, 2.45) is 5.92 Å².